The summed E-state index contributed by atoms with van der Waals surface area (Å²) in [6, 6.07) is 0. The normalized spacial score (nSPS) is 17.6. The van der Waals surface area contributed by atoms with E-state index in [0.29, 0.717) is 0 Å². The van der Waals surface area contributed by atoms with Gasteiger partial charge in [0.25, 0.3) is 0 Å². The van der Waals surface area contributed by atoms with Crippen LogP contribution in [0.3, 0.4) is 0 Å². The molecule has 0 aromatic rings. The van der Waals surface area contributed by atoms with E-state index in [4.69, 9.17) is 0 Å². The second-order valence-corrected chi connectivity index (χ2v) is 2.61. The molecule has 0 N–H and O–H groups in total. The van der Waals surface area contributed by atoms with Gasteiger partial charge in [0.15, 0.2) is 5.82 Å². The molecule has 0 unspecified atom stereocenters. The summed E-state index contributed by atoms with van der Waals surface area (Å²) >= 11 is 0. The third kappa shape index (κ3) is 1.13. The maximum absolute atomic E-state index is 3.91. The Morgan fingerprint density at radius 3 is 2.45 bits per heavy atom. The second-order valence-electron chi connectivity index (χ2n) is 2.61. The first-order chi connectivity index (χ1) is 5.20. The van der Waals surface area contributed by atoms with Gasteiger partial charge in [-0.1, -0.05) is 6.58 Å². The lowest BCUT2D eigenvalue weighted by molar-refractivity contribution is 0.320. The van der Waals surface area contributed by atoms with Crippen molar-refractivity contribution in [2.24, 2.45) is 4.99 Å². The monoisotopic (exact) mass is 151 g/mol. The summed E-state index contributed by atoms with van der Waals surface area (Å²) in [5.74, 6) is 0.905. The Hall–Kier alpha value is -1.25. The van der Waals surface area contributed by atoms with Crippen LogP contribution in [0.15, 0.2) is 29.2 Å². The van der Waals surface area contributed by atoms with Crippen molar-refractivity contribution in [1.82, 2.24) is 9.80 Å². The molecule has 0 radical (unpaired) electrons. The van der Waals surface area contributed by atoms with Crippen molar-refractivity contribution in [2.45, 2.75) is 0 Å². The Bertz CT molecular complexity index is 195. The SMILES string of the molecule is C=CC1=C(N=C)N(C)CN1C. The van der Waals surface area contributed by atoms with Crippen LogP contribution in [0.4, 0.5) is 0 Å². The molecule has 0 aromatic heterocycles. The summed E-state index contributed by atoms with van der Waals surface area (Å²) in [5.41, 5.74) is 1.04. The highest BCUT2D eigenvalue weighted by molar-refractivity contribution is 5.34. The molecule has 3 nitrogen and oxygen atoms in total. The lowest BCUT2D eigenvalue weighted by atomic mass is 10.4. The van der Waals surface area contributed by atoms with Gasteiger partial charge in [0.2, 0.25) is 0 Å². The summed E-state index contributed by atoms with van der Waals surface area (Å²) in [6.45, 7) is 8.07. The van der Waals surface area contributed by atoms with Crippen LogP contribution in [0.5, 0.6) is 0 Å². The van der Waals surface area contributed by atoms with Crippen LogP contribution in [0.1, 0.15) is 0 Å². The molecule has 0 amide bonds. The van der Waals surface area contributed by atoms with Crippen LogP contribution in [0.25, 0.3) is 0 Å². The Morgan fingerprint density at radius 2 is 2.09 bits per heavy atom. The summed E-state index contributed by atoms with van der Waals surface area (Å²) in [5, 5.41) is 0. The van der Waals surface area contributed by atoms with Crippen LogP contribution in [-0.2, 0) is 0 Å². The van der Waals surface area contributed by atoms with Crippen LogP contribution in [0, 0.1) is 0 Å². The van der Waals surface area contributed by atoms with Crippen molar-refractivity contribution in [3.8, 4) is 0 Å². The van der Waals surface area contributed by atoms with Gasteiger partial charge in [-0.15, -0.1) is 0 Å². The average Bonchev–Trinajstić information content (AvgIpc) is 2.24. The van der Waals surface area contributed by atoms with E-state index in [0.717, 1.165) is 18.2 Å². The van der Waals surface area contributed by atoms with E-state index < -0.39 is 0 Å². The molecular formula is C8H13N3. The number of hydrogen-bond donors (Lipinski definition) is 0. The quantitative estimate of drug-likeness (QED) is 0.545. The predicted octanol–water partition coefficient (Wildman–Crippen LogP) is 0.877. The van der Waals surface area contributed by atoms with Gasteiger partial charge >= 0.3 is 0 Å². The summed E-state index contributed by atoms with van der Waals surface area (Å²) in [4.78, 5) is 8.03. The minimum Gasteiger partial charge on any atom is -0.354 e. The summed E-state index contributed by atoms with van der Waals surface area (Å²) < 4.78 is 0. The molecule has 1 rings (SSSR count). The molecule has 1 aliphatic rings. The first-order valence-electron chi connectivity index (χ1n) is 3.46. The van der Waals surface area contributed by atoms with Crippen LogP contribution >= 0.6 is 0 Å². The highest BCUT2D eigenvalue weighted by Crippen LogP contribution is 2.21. The van der Waals surface area contributed by atoms with E-state index in [-0.39, 0.29) is 0 Å². The maximum Gasteiger partial charge on any atom is 0.152 e. The first-order valence-corrected chi connectivity index (χ1v) is 3.46. The number of nitrogens with zero attached hydrogens (tertiary/aromatic N) is 3. The van der Waals surface area contributed by atoms with Gasteiger partial charge in [-0.3, -0.25) is 0 Å². The fourth-order valence-corrected chi connectivity index (χ4v) is 1.28. The molecule has 0 atom stereocenters. The third-order valence-corrected chi connectivity index (χ3v) is 1.77. The van der Waals surface area contributed by atoms with Crippen LogP contribution < -0.4 is 0 Å². The Morgan fingerprint density at radius 1 is 1.45 bits per heavy atom. The first kappa shape index (κ1) is 7.85. The molecule has 0 saturated heterocycles. The summed E-state index contributed by atoms with van der Waals surface area (Å²) in [6.07, 6.45) is 1.80. The zero-order valence-corrected chi connectivity index (χ0v) is 7.04. The number of allylic oxidation sites excluding steroid dienone is 1. The smallest absolute Gasteiger partial charge is 0.152 e. The van der Waals surface area contributed by atoms with Gasteiger partial charge in [0.05, 0.1) is 12.4 Å². The van der Waals surface area contributed by atoms with E-state index in [9.17, 15) is 0 Å². The topological polar surface area (TPSA) is 18.8 Å². The molecule has 11 heavy (non-hydrogen) atoms. The minimum absolute atomic E-state index is 0.857. The molecule has 0 aliphatic carbocycles. The minimum atomic E-state index is 0.857. The maximum atomic E-state index is 3.91. The highest BCUT2D eigenvalue weighted by Gasteiger charge is 2.19. The molecule has 1 aliphatic heterocycles. The van der Waals surface area contributed by atoms with E-state index in [2.05, 4.69) is 23.2 Å². The van der Waals surface area contributed by atoms with Gasteiger partial charge in [-0.2, -0.15) is 0 Å². The molecule has 0 fully saturated rings. The van der Waals surface area contributed by atoms with Crippen LogP contribution in [-0.4, -0.2) is 37.3 Å². The van der Waals surface area contributed by atoms with Gasteiger partial charge in [0, 0.05) is 14.1 Å². The lowest BCUT2D eigenvalue weighted by Gasteiger charge is -2.13. The number of likely N-dealkylation sites (N-methyl/N-ethyl adjacent to an activating group) is 1. The van der Waals surface area contributed by atoms with E-state index in [1.165, 1.54) is 0 Å². The molecule has 0 saturated carbocycles. The molecule has 3 heteroatoms. The van der Waals surface area contributed by atoms with Crippen molar-refractivity contribution in [3.05, 3.63) is 24.2 Å². The van der Waals surface area contributed by atoms with Gasteiger partial charge in [0.1, 0.15) is 0 Å². The third-order valence-electron chi connectivity index (χ3n) is 1.77. The number of rotatable bonds is 2. The van der Waals surface area contributed by atoms with Crippen molar-refractivity contribution in [2.75, 3.05) is 20.8 Å². The van der Waals surface area contributed by atoms with Gasteiger partial charge < -0.3 is 9.80 Å². The fourth-order valence-electron chi connectivity index (χ4n) is 1.28. The Balaban J connectivity index is 3.01. The molecule has 0 aromatic carbocycles. The average molecular weight is 151 g/mol. The molecule has 0 spiro atoms. The number of hydrogen-bond acceptors (Lipinski definition) is 3. The summed E-state index contributed by atoms with van der Waals surface area (Å²) in [7, 11) is 3.99. The molecule has 0 bridgehead atoms. The standard InChI is InChI=1S/C8H13N3/c1-5-7-8(9-2)11(4)6-10(7)3/h5H,1-2,6H2,3-4H3. The largest absolute Gasteiger partial charge is 0.354 e. The molecular weight excluding hydrogens is 138 g/mol. The molecule has 60 valence electrons. The van der Waals surface area contributed by atoms with Crippen molar-refractivity contribution in [3.63, 3.8) is 0 Å². The fraction of sp³-hybridized carbons (Fsp3) is 0.375. The van der Waals surface area contributed by atoms with Crippen molar-refractivity contribution >= 4 is 6.72 Å². The van der Waals surface area contributed by atoms with E-state index in [1.807, 2.05) is 19.0 Å². The van der Waals surface area contributed by atoms with Crippen LogP contribution in [0.2, 0.25) is 0 Å². The Kier molecular flexibility index (Phi) is 1.98. The second kappa shape index (κ2) is 2.78. The zero-order chi connectivity index (χ0) is 8.43. The Labute approximate surface area is 67.3 Å². The lowest BCUT2D eigenvalue weighted by Crippen LogP contribution is -2.20. The van der Waals surface area contributed by atoms with Crippen molar-refractivity contribution in [1.29, 1.82) is 0 Å². The molecule has 1 heterocycles. The van der Waals surface area contributed by atoms with E-state index >= 15 is 0 Å². The highest BCUT2D eigenvalue weighted by atomic mass is 15.4. The number of aliphatic imine (C=N–C) groups is 1. The van der Waals surface area contributed by atoms with Gasteiger partial charge in [-0.25, -0.2) is 4.99 Å². The van der Waals surface area contributed by atoms with Crippen molar-refractivity contribution < 1.29 is 0 Å². The zero-order valence-electron chi connectivity index (χ0n) is 7.04. The van der Waals surface area contributed by atoms with Gasteiger partial charge in [-0.05, 0) is 12.8 Å². The van der Waals surface area contributed by atoms with E-state index in [1.54, 1.807) is 6.08 Å². The predicted molar refractivity (Wildman–Crippen MR) is 47.2 cm³/mol.